The van der Waals surface area contributed by atoms with E-state index in [1.165, 1.54) is 0 Å². The van der Waals surface area contributed by atoms with Gasteiger partial charge in [0.25, 0.3) is 17.9 Å². The molecule has 5 heteroatoms. The Balaban J connectivity index is 1.76. The van der Waals surface area contributed by atoms with Gasteiger partial charge in [-0.1, -0.05) is 31.2 Å². The van der Waals surface area contributed by atoms with Gasteiger partial charge in [-0.15, -0.1) is 0 Å². The standard InChI is InChI=1S/C17H16N2O3/c1-2-11-6-5-7-12(10-11)18-16(20)15-17(21)19-13-8-3-4-9-14(13)22-15/h3-10,15H,2H2,1H3,(H,18,20)(H,19,21)/t15-/m0/s1. The van der Waals surface area contributed by atoms with E-state index in [2.05, 4.69) is 10.6 Å². The summed E-state index contributed by atoms with van der Waals surface area (Å²) in [6, 6.07) is 14.5. The fourth-order valence-electron chi connectivity index (χ4n) is 2.30. The number of nitrogens with one attached hydrogen (secondary N) is 2. The van der Waals surface area contributed by atoms with Gasteiger partial charge in [-0.3, -0.25) is 9.59 Å². The molecule has 1 aliphatic rings. The first-order valence-electron chi connectivity index (χ1n) is 7.13. The molecule has 0 unspecified atom stereocenters. The molecule has 1 atom stereocenters. The number of carbonyl (C=O) groups excluding carboxylic acids is 2. The molecule has 2 aromatic carbocycles. The fourth-order valence-corrected chi connectivity index (χ4v) is 2.30. The summed E-state index contributed by atoms with van der Waals surface area (Å²) in [5.74, 6) is -0.465. The molecule has 112 valence electrons. The van der Waals surface area contributed by atoms with Crippen LogP contribution in [0.1, 0.15) is 12.5 Å². The number of fused-ring (bicyclic) bond motifs is 1. The number of ether oxygens (including phenoxy) is 1. The molecule has 22 heavy (non-hydrogen) atoms. The zero-order valence-corrected chi connectivity index (χ0v) is 12.1. The van der Waals surface area contributed by atoms with E-state index in [0.717, 1.165) is 12.0 Å². The van der Waals surface area contributed by atoms with Gasteiger partial charge in [-0.2, -0.15) is 0 Å². The molecular weight excluding hydrogens is 280 g/mol. The molecule has 0 fully saturated rings. The van der Waals surface area contributed by atoms with Crippen molar-refractivity contribution in [3.05, 3.63) is 54.1 Å². The lowest BCUT2D eigenvalue weighted by Crippen LogP contribution is -2.45. The molecule has 0 aliphatic carbocycles. The van der Waals surface area contributed by atoms with E-state index in [1.54, 1.807) is 30.3 Å². The Labute approximate surface area is 128 Å². The van der Waals surface area contributed by atoms with Crippen molar-refractivity contribution < 1.29 is 14.3 Å². The normalized spacial score (nSPS) is 16.2. The molecule has 0 aromatic heterocycles. The van der Waals surface area contributed by atoms with Crippen molar-refractivity contribution >= 4 is 23.2 Å². The number of para-hydroxylation sites is 2. The summed E-state index contributed by atoms with van der Waals surface area (Å²) in [4.78, 5) is 24.3. The summed E-state index contributed by atoms with van der Waals surface area (Å²) in [6.07, 6.45) is -0.322. The van der Waals surface area contributed by atoms with Crippen molar-refractivity contribution in [2.24, 2.45) is 0 Å². The van der Waals surface area contributed by atoms with Crippen molar-refractivity contribution in [2.75, 3.05) is 10.6 Å². The van der Waals surface area contributed by atoms with E-state index >= 15 is 0 Å². The highest BCUT2D eigenvalue weighted by Gasteiger charge is 2.33. The Morgan fingerprint density at radius 2 is 2.05 bits per heavy atom. The maximum Gasteiger partial charge on any atom is 0.275 e. The molecule has 0 bridgehead atoms. The zero-order chi connectivity index (χ0) is 15.5. The summed E-state index contributed by atoms with van der Waals surface area (Å²) in [7, 11) is 0. The second-order valence-corrected chi connectivity index (χ2v) is 5.03. The number of hydrogen-bond donors (Lipinski definition) is 2. The van der Waals surface area contributed by atoms with Crippen LogP contribution in [-0.4, -0.2) is 17.9 Å². The number of anilines is 2. The Hall–Kier alpha value is -2.82. The first-order chi connectivity index (χ1) is 10.7. The summed E-state index contributed by atoms with van der Waals surface area (Å²) >= 11 is 0. The molecule has 5 nitrogen and oxygen atoms in total. The highest BCUT2D eigenvalue weighted by molar-refractivity contribution is 6.15. The van der Waals surface area contributed by atoms with Gasteiger partial charge in [0.1, 0.15) is 5.75 Å². The minimum Gasteiger partial charge on any atom is -0.468 e. The van der Waals surface area contributed by atoms with Crippen LogP contribution in [0.2, 0.25) is 0 Å². The molecule has 0 spiro atoms. The van der Waals surface area contributed by atoms with Crippen molar-refractivity contribution in [1.29, 1.82) is 0 Å². The number of benzene rings is 2. The third-order valence-electron chi connectivity index (χ3n) is 3.47. The lowest BCUT2D eigenvalue weighted by molar-refractivity contribution is -0.133. The van der Waals surface area contributed by atoms with E-state index in [4.69, 9.17) is 4.74 Å². The van der Waals surface area contributed by atoms with E-state index in [-0.39, 0.29) is 0 Å². The van der Waals surface area contributed by atoms with Gasteiger partial charge < -0.3 is 15.4 Å². The maximum absolute atomic E-state index is 12.3. The van der Waals surface area contributed by atoms with Crippen molar-refractivity contribution in [3.8, 4) is 5.75 Å². The monoisotopic (exact) mass is 296 g/mol. The highest BCUT2D eigenvalue weighted by Crippen LogP contribution is 2.29. The van der Waals surface area contributed by atoms with Gasteiger partial charge in [0.2, 0.25) is 0 Å². The van der Waals surface area contributed by atoms with Crippen LogP contribution in [0, 0.1) is 0 Å². The van der Waals surface area contributed by atoms with Gasteiger partial charge in [0, 0.05) is 5.69 Å². The fraction of sp³-hybridized carbons (Fsp3) is 0.176. The van der Waals surface area contributed by atoms with Gasteiger partial charge in [0.05, 0.1) is 5.69 Å². The average molecular weight is 296 g/mol. The van der Waals surface area contributed by atoms with Gasteiger partial charge in [-0.25, -0.2) is 0 Å². The molecule has 0 saturated carbocycles. The van der Waals surface area contributed by atoms with Gasteiger partial charge >= 0.3 is 0 Å². The van der Waals surface area contributed by atoms with Crippen molar-refractivity contribution in [3.63, 3.8) is 0 Å². The minimum absolute atomic E-state index is 0.470. The first-order valence-corrected chi connectivity index (χ1v) is 7.13. The quantitative estimate of drug-likeness (QED) is 0.855. The molecule has 1 heterocycles. The van der Waals surface area contributed by atoms with Gasteiger partial charge in [0.15, 0.2) is 0 Å². The Kier molecular flexibility index (Phi) is 3.78. The number of rotatable bonds is 3. The summed E-state index contributed by atoms with van der Waals surface area (Å²) in [5.41, 5.74) is 2.33. The molecule has 3 rings (SSSR count). The summed E-state index contributed by atoms with van der Waals surface area (Å²) in [5, 5.41) is 5.40. The lowest BCUT2D eigenvalue weighted by Gasteiger charge is -2.24. The number of carbonyl (C=O) groups is 2. The topological polar surface area (TPSA) is 67.4 Å². The lowest BCUT2D eigenvalue weighted by atomic mass is 10.1. The second kappa shape index (κ2) is 5.89. The molecule has 2 N–H and O–H groups in total. The van der Waals surface area contributed by atoms with Crippen molar-refractivity contribution in [2.45, 2.75) is 19.4 Å². The van der Waals surface area contributed by atoms with Crippen LogP contribution in [0.25, 0.3) is 0 Å². The molecule has 0 radical (unpaired) electrons. The first kappa shape index (κ1) is 14.1. The van der Waals surface area contributed by atoms with Crippen LogP contribution < -0.4 is 15.4 Å². The summed E-state index contributed by atoms with van der Waals surface area (Å²) < 4.78 is 5.51. The van der Waals surface area contributed by atoms with E-state index in [0.29, 0.717) is 17.1 Å². The zero-order valence-electron chi connectivity index (χ0n) is 12.1. The predicted octanol–water partition coefficient (Wildman–Crippen LogP) is 2.59. The third kappa shape index (κ3) is 2.79. The SMILES string of the molecule is CCc1cccc(NC(=O)[C@@H]2Oc3ccccc3NC2=O)c1. The predicted molar refractivity (Wildman–Crippen MR) is 83.9 cm³/mol. The maximum atomic E-state index is 12.3. The molecule has 2 aromatic rings. The molecule has 0 saturated heterocycles. The van der Waals surface area contributed by atoms with Crippen LogP contribution in [0.4, 0.5) is 11.4 Å². The van der Waals surface area contributed by atoms with Crippen LogP contribution in [0.3, 0.4) is 0 Å². The second-order valence-electron chi connectivity index (χ2n) is 5.03. The smallest absolute Gasteiger partial charge is 0.275 e. The minimum atomic E-state index is -1.19. The number of hydrogen-bond acceptors (Lipinski definition) is 3. The molecular formula is C17H16N2O3. The third-order valence-corrected chi connectivity index (χ3v) is 3.47. The van der Waals surface area contributed by atoms with Crippen LogP contribution >= 0.6 is 0 Å². The molecule has 1 aliphatic heterocycles. The largest absolute Gasteiger partial charge is 0.468 e. The Morgan fingerprint density at radius 3 is 2.86 bits per heavy atom. The van der Waals surface area contributed by atoms with Crippen LogP contribution in [0.15, 0.2) is 48.5 Å². The van der Waals surface area contributed by atoms with E-state index in [1.807, 2.05) is 25.1 Å². The van der Waals surface area contributed by atoms with E-state index < -0.39 is 17.9 Å². The van der Waals surface area contributed by atoms with Crippen LogP contribution in [0.5, 0.6) is 5.75 Å². The Morgan fingerprint density at radius 1 is 1.23 bits per heavy atom. The van der Waals surface area contributed by atoms with Gasteiger partial charge in [-0.05, 0) is 36.2 Å². The average Bonchev–Trinajstić information content (AvgIpc) is 2.54. The molecule has 2 amide bonds. The van der Waals surface area contributed by atoms with Crippen LogP contribution in [-0.2, 0) is 16.0 Å². The van der Waals surface area contributed by atoms with Crippen molar-refractivity contribution in [1.82, 2.24) is 0 Å². The highest BCUT2D eigenvalue weighted by atomic mass is 16.5. The summed E-state index contributed by atoms with van der Waals surface area (Å²) in [6.45, 7) is 2.04. The number of aryl methyl sites for hydroxylation is 1. The van der Waals surface area contributed by atoms with E-state index in [9.17, 15) is 9.59 Å². The number of amides is 2. The Bertz CT molecular complexity index is 727.